The SMILES string of the molecule is CCCCCCOC(=O)CCC(=O)On1c(O)ccc1O. The molecule has 0 aliphatic rings. The Morgan fingerprint density at radius 3 is 2.29 bits per heavy atom. The van der Waals surface area contributed by atoms with Gasteiger partial charge in [0, 0.05) is 12.1 Å². The van der Waals surface area contributed by atoms with E-state index in [-0.39, 0.29) is 12.8 Å². The second-order valence-corrected chi connectivity index (χ2v) is 4.59. The van der Waals surface area contributed by atoms with Crippen LogP contribution in [0.1, 0.15) is 45.4 Å². The van der Waals surface area contributed by atoms with Gasteiger partial charge < -0.3 is 19.8 Å². The van der Waals surface area contributed by atoms with E-state index in [2.05, 4.69) is 6.92 Å². The van der Waals surface area contributed by atoms with E-state index in [4.69, 9.17) is 9.57 Å². The molecule has 1 heterocycles. The first-order valence-electron chi connectivity index (χ1n) is 7.01. The van der Waals surface area contributed by atoms with Gasteiger partial charge in [0.2, 0.25) is 11.8 Å². The number of aromatic nitrogens is 1. The standard InChI is InChI=1S/C14H21NO6/c1-2-3-4-5-10-20-13(18)8-9-14(19)21-15-11(16)6-7-12(15)17/h6-7,16-17H,2-5,8-10H2,1H3. The van der Waals surface area contributed by atoms with Crippen LogP contribution in [0.25, 0.3) is 0 Å². The first-order chi connectivity index (χ1) is 10.0. The number of carbonyl (C=O) groups excluding carboxylic acids is 2. The summed E-state index contributed by atoms with van der Waals surface area (Å²) in [6, 6.07) is 2.35. The summed E-state index contributed by atoms with van der Waals surface area (Å²) >= 11 is 0. The van der Waals surface area contributed by atoms with E-state index in [1.54, 1.807) is 0 Å². The maximum atomic E-state index is 11.5. The first-order valence-corrected chi connectivity index (χ1v) is 7.01. The molecule has 118 valence electrons. The molecule has 0 aliphatic carbocycles. The Balaban J connectivity index is 2.19. The highest BCUT2D eigenvalue weighted by molar-refractivity contribution is 5.77. The van der Waals surface area contributed by atoms with Crippen molar-refractivity contribution in [2.45, 2.75) is 45.4 Å². The van der Waals surface area contributed by atoms with Crippen LogP contribution in [0.3, 0.4) is 0 Å². The Morgan fingerprint density at radius 2 is 1.67 bits per heavy atom. The van der Waals surface area contributed by atoms with Gasteiger partial charge in [-0.25, -0.2) is 4.79 Å². The predicted octanol–water partition coefficient (Wildman–Crippen LogP) is 1.76. The lowest BCUT2D eigenvalue weighted by Crippen LogP contribution is -2.20. The molecule has 0 radical (unpaired) electrons. The molecule has 1 aromatic rings. The number of rotatable bonds is 9. The average molecular weight is 299 g/mol. The molecule has 0 atom stereocenters. The highest BCUT2D eigenvalue weighted by atomic mass is 16.7. The molecule has 7 nitrogen and oxygen atoms in total. The van der Waals surface area contributed by atoms with Crippen LogP contribution in [0.2, 0.25) is 0 Å². The van der Waals surface area contributed by atoms with E-state index in [0.29, 0.717) is 11.3 Å². The zero-order valence-corrected chi connectivity index (χ0v) is 12.1. The number of carbonyl (C=O) groups is 2. The Bertz CT molecular complexity index is 449. The van der Waals surface area contributed by atoms with E-state index < -0.39 is 23.7 Å². The number of esters is 1. The maximum absolute atomic E-state index is 11.5. The Morgan fingerprint density at radius 1 is 1.05 bits per heavy atom. The van der Waals surface area contributed by atoms with Gasteiger partial charge in [-0.05, 0) is 6.42 Å². The van der Waals surface area contributed by atoms with Crippen molar-refractivity contribution >= 4 is 11.9 Å². The summed E-state index contributed by atoms with van der Waals surface area (Å²) in [6.45, 7) is 2.45. The van der Waals surface area contributed by atoms with Crippen molar-refractivity contribution in [1.82, 2.24) is 4.73 Å². The fourth-order valence-electron chi connectivity index (χ4n) is 1.63. The van der Waals surface area contributed by atoms with Crippen LogP contribution in [-0.4, -0.2) is 33.5 Å². The molecule has 0 bridgehead atoms. The van der Waals surface area contributed by atoms with Crippen molar-refractivity contribution in [2.75, 3.05) is 6.61 Å². The molecular formula is C14H21NO6. The molecule has 0 saturated heterocycles. The number of aromatic hydroxyl groups is 2. The van der Waals surface area contributed by atoms with E-state index >= 15 is 0 Å². The topological polar surface area (TPSA) is 98.0 Å². The smallest absolute Gasteiger partial charge is 0.333 e. The quantitative estimate of drug-likeness (QED) is 0.532. The third-order valence-corrected chi connectivity index (χ3v) is 2.78. The van der Waals surface area contributed by atoms with Crippen LogP contribution < -0.4 is 4.84 Å². The van der Waals surface area contributed by atoms with Gasteiger partial charge in [0.25, 0.3) is 0 Å². The predicted molar refractivity (Wildman–Crippen MR) is 73.7 cm³/mol. The molecule has 0 spiro atoms. The summed E-state index contributed by atoms with van der Waals surface area (Å²) in [6.07, 6.45) is 3.75. The number of ether oxygens (including phenoxy) is 1. The normalized spacial score (nSPS) is 10.3. The van der Waals surface area contributed by atoms with Gasteiger partial charge >= 0.3 is 11.9 Å². The van der Waals surface area contributed by atoms with Crippen molar-refractivity contribution in [2.24, 2.45) is 0 Å². The van der Waals surface area contributed by atoms with Crippen molar-refractivity contribution in [3.63, 3.8) is 0 Å². The first kappa shape index (κ1) is 16.9. The fraction of sp³-hybridized carbons (Fsp3) is 0.571. The largest absolute Gasteiger partial charge is 0.492 e. The molecule has 1 rings (SSSR count). The van der Waals surface area contributed by atoms with Crippen molar-refractivity contribution in [3.8, 4) is 11.8 Å². The minimum Gasteiger partial charge on any atom is -0.492 e. The lowest BCUT2D eigenvalue weighted by molar-refractivity contribution is -0.151. The van der Waals surface area contributed by atoms with E-state index in [1.807, 2.05) is 0 Å². The molecule has 0 fully saturated rings. The van der Waals surface area contributed by atoms with Gasteiger partial charge in [0.1, 0.15) is 0 Å². The highest BCUT2D eigenvalue weighted by Crippen LogP contribution is 2.18. The van der Waals surface area contributed by atoms with E-state index in [0.717, 1.165) is 25.7 Å². The molecule has 1 aromatic heterocycles. The molecular weight excluding hydrogens is 278 g/mol. The molecule has 0 aliphatic heterocycles. The molecule has 21 heavy (non-hydrogen) atoms. The van der Waals surface area contributed by atoms with Crippen molar-refractivity contribution in [1.29, 1.82) is 0 Å². The third kappa shape index (κ3) is 6.20. The molecule has 0 unspecified atom stereocenters. The molecule has 2 N–H and O–H groups in total. The van der Waals surface area contributed by atoms with Crippen LogP contribution >= 0.6 is 0 Å². The zero-order valence-electron chi connectivity index (χ0n) is 12.1. The van der Waals surface area contributed by atoms with E-state index in [9.17, 15) is 19.8 Å². The van der Waals surface area contributed by atoms with Crippen molar-refractivity contribution < 1.29 is 29.4 Å². The summed E-state index contributed by atoms with van der Waals surface area (Å²) in [7, 11) is 0. The summed E-state index contributed by atoms with van der Waals surface area (Å²) in [5, 5.41) is 18.6. The Kier molecular flexibility index (Phi) is 7.14. The number of hydrogen-bond acceptors (Lipinski definition) is 6. The van der Waals surface area contributed by atoms with Gasteiger partial charge in [0.05, 0.1) is 19.4 Å². The van der Waals surface area contributed by atoms with Crippen molar-refractivity contribution in [3.05, 3.63) is 12.1 Å². The minimum absolute atomic E-state index is 0.102. The Hall–Kier alpha value is -2.18. The van der Waals surface area contributed by atoms with Crippen LogP contribution in [-0.2, 0) is 14.3 Å². The molecule has 0 saturated carbocycles. The van der Waals surface area contributed by atoms with Crippen LogP contribution in [0.4, 0.5) is 0 Å². The highest BCUT2D eigenvalue weighted by Gasteiger charge is 2.14. The van der Waals surface area contributed by atoms with Gasteiger partial charge in [-0.1, -0.05) is 26.2 Å². The zero-order chi connectivity index (χ0) is 15.7. The summed E-state index contributed by atoms with van der Waals surface area (Å²) < 4.78 is 5.55. The van der Waals surface area contributed by atoms with Gasteiger partial charge in [0.15, 0.2) is 0 Å². The Labute approximate surface area is 123 Å². The fourth-order valence-corrected chi connectivity index (χ4v) is 1.63. The monoisotopic (exact) mass is 299 g/mol. The van der Waals surface area contributed by atoms with Gasteiger partial charge in [-0.2, -0.15) is 0 Å². The van der Waals surface area contributed by atoms with Crippen LogP contribution in [0.15, 0.2) is 12.1 Å². The third-order valence-electron chi connectivity index (χ3n) is 2.78. The van der Waals surface area contributed by atoms with Gasteiger partial charge in [-0.3, -0.25) is 4.79 Å². The number of nitrogens with zero attached hydrogens (tertiary/aromatic N) is 1. The number of unbranched alkanes of at least 4 members (excludes halogenated alkanes) is 3. The summed E-state index contributed by atoms with van der Waals surface area (Å²) in [5.41, 5.74) is 0. The average Bonchev–Trinajstić information content (AvgIpc) is 2.77. The molecule has 0 amide bonds. The lowest BCUT2D eigenvalue weighted by atomic mass is 10.2. The van der Waals surface area contributed by atoms with Crippen LogP contribution in [0.5, 0.6) is 11.8 Å². The summed E-state index contributed by atoms with van der Waals surface area (Å²) in [4.78, 5) is 27.5. The lowest BCUT2D eigenvalue weighted by Gasteiger charge is -2.07. The molecule has 7 heteroatoms. The minimum atomic E-state index is -0.750. The maximum Gasteiger partial charge on any atom is 0.333 e. The second-order valence-electron chi connectivity index (χ2n) is 4.59. The van der Waals surface area contributed by atoms with E-state index in [1.165, 1.54) is 12.1 Å². The summed E-state index contributed by atoms with van der Waals surface area (Å²) in [5.74, 6) is -2.03. The second kappa shape index (κ2) is 8.89. The number of hydrogen-bond donors (Lipinski definition) is 2. The van der Waals surface area contributed by atoms with Gasteiger partial charge in [-0.15, -0.1) is 4.73 Å². The van der Waals surface area contributed by atoms with Crippen LogP contribution in [0, 0.1) is 0 Å². The molecule has 0 aromatic carbocycles.